The van der Waals surface area contributed by atoms with Crippen LogP contribution in [0.5, 0.6) is 5.75 Å². The van der Waals surface area contributed by atoms with Crippen LogP contribution in [0.15, 0.2) is 59.6 Å². The van der Waals surface area contributed by atoms with Crippen molar-refractivity contribution in [3.63, 3.8) is 0 Å². The Balaban J connectivity index is 0.00000208. The monoisotopic (exact) mass is 437 g/mol. The van der Waals surface area contributed by atoms with E-state index >= 15 is 0 Å². The Bertz CT molecular complexity index is 629. The number of hydrogen-bond donors (Lipinski definition) is 2. The van der Waals surface area contributed by atoms with Crippen molar-refractivity contribution in [3.8, 4) is 5.75 Å². The Morgan fingerprint density at radius 3 is 2.50 bits per heavy atom. The molecule has 0 saturated carbocycles. The summed E-state index contributed by atoms with van der Waals surface area (Å²) < 4.78 is 5.80. The lowest BCUT2D eigenvalue weighted by Crippen LogP contribution is -2.41. The summed E-state index contributed by atoms with van der Waals surface area (Å²) in [6.07, 6.45) is 2.09. The SMILES string of the molecule is I.c1ccc(COc2ccc(CCNC3=NCCCN3)cc2)cc1. The topological polar surface area (TPSA) is 45.6 Å². The molecular weight excluding hydrogens is 413 g/mol. The smallest absolute Gasteiger partial charge is 0.191 e. The second-order valence-corrected chi connectivity index (χ2v) is 5.61. The zero-order chi connectivity index (χ0) is 15.7. The molecule has 2 aromatic carbocycles. The Kier molecular flexibility index (Phi) is 7.88. The van der Waals surface area contributed by atoms with Gasteiger partial charge in [0.2, 0.25) is 0 Å². The number of hydrogen-bond acceptors (Lipinski definition) is 4. The number of benzene rings is 2. The molecule has 0 saturated heterocycles. The van der Waals surface area contributed by atoms with Crippen molar-refractivity contribution in [2.45, 2.75) is 19.4 Å². The van der Waals surface area contributed by atoms with Crippen LogP contribution < -0.4 is 15.4 Å². The zero-order valence-electron chi connectivity index (χ0n) is 13.7. The predicted octanol–water partition coefficient (Wildman–Crippen LogP) is 3.37. The number of ether oxygens (including phenoxy) is 1. The van der Waals surface area contributed by atoms with Gasteiger partial charge in [-0.05, 0) is 36.1 Å². The predicted molar refractivity (Wildman–Crippen MR) is 109 cm³/mol. The fourth-order valence-electron chi connectivity index (χ4n) is 2.47. The molecule has 1 heterocycles. The average Bonchev–Trinajstić information content (AvgIpc) is 2.63. The first-order valence-electron chi connectivity index (χ1n) is 8.18. The molecule has 0 bridgehead atoms. The minimum atomic E-state index is 0. The molecule has 2 aromatic rings. The quantitative estimate of drug-likeness (QED) is 0.682. The Morgan fingerprint density at radius 1 is 1.00 bits per heavy atom. The first-order chi connectivity index (χ1) is 11.4. The molecule has 0 aliphatic carbocycles. The summed E-state index contributed by atoms with van der Waals surface area (Å²) in [6.45, 7) is 3.42. The minimum absolute atomic E-state index is 0. The maximum absolute atomic E-state index is 5.80. The average molecular weight is 437 g/mol. The molecule has 0 amide bonds. The summed E-state index contributed by atoms with van der Waals surface area (Å²) >= 11 is 0. The first-order valence-corrected chi connectivity index (χ1v) is 8.18. The largest absolute Gasteiger partial charge is 0.489 e. The number of nitrogens with one attached hydrogen (secondary N) is 2. The van der Waals surface area contributed by atoms with E-state index in [2.05, 4.69) is 39.9 Å². The Hall–Kier alpha value is -1.76. The summed E-state index contributed by atoms with van der Waals surface area (Å²) in [5.74, 6) is 1.84. The van der Waals surface area contributed by atoms with E-state index in [4.69, 9.17) is 4.74 Å². The maximum atomic E-state index is 5.80. The normalized spacial score (nSPS) is 13.2. The van der Waals surface area contributed by atoms with E-state index in [1.54, 1.807) is 0 Å². The number of guanidine groups is 1. The minimum Gasteiger partial charge on any atom is -0.489 e. The molecule has 0 radical (unpaired) electrons. The van der Waals surface area contributed by atoms with E-state index in [0.717, 1.165) is 44.2 Å². The fraction of sp³-hybridized carbons (Fsp3) is 0.316. The molecule has 5 heteroatoms. The van der Waals surface area contributed by atoms with Gasteiger partial charge in [0.1, 0.15) is 12.4 Å². The maximum Gasteiger partial charge on any atom is 0.191 e. The summed E-state index contributed by atoms with van der Waals surface area (Å²) in [6, 6.07) is 18.5. The highest BCUT2D eigenvalue weighted by molar-refractivity contribution is 14.0. The van der Waals surface area contributed by atoms with E-state index in [1.807, 2.05) is 30.3 Å². The highest BCUT2D eigenvalue weighted by atomic mass is 127. The molecular formula is C19H24IN3O. The van der Waals surface area contributed by atoms with Crippen molar-refractivity contribution in [2.75, 3.05) is 19.6 Å². The third-order valence-corrected chi connectivity index (χ3v) is 3.78. The van der Waals surface area contributed by atoms with Gasteiger partial charge in [-0.2, -0.15) is 0 Å². The van der Waals surface area contributed by atoms with Gasteiger partial charge in [0.15, 0.2) is 5.96 Å². The van der Waals surface area contributed by atoms with Crippen molar-refractivity contribution in [1.29, 1.82) is 0 Å². The van der Waals surface area contributed by atoms with Crippen molar-refractivity contribution >= 4 is 29.9 Å². The van der Waals surface area contributed by atoms with Crippen LogP contribution >= 0.6 is 24.0 Å². The van der Waals surface area contributed by atoms with Crippen LogP contribution in [0, 0.1) is 0 Å². The van der Waals surface area contributed by atoms with Crippen LogP contribution in [-0.4, -0.2) is 25.6 Å². The van der Waals surface area contributed by atoms with E-state index in [1.165, 1.54) is 11.1 Å². The summed E-state index contributed by atoms with van der Waals surface area (Å²) in [7, 11) is 0. The van der Waals surface area contributed by atoms with Crippen molar-refractivity contribution in [2.24, 2.45) is 4.99 Å². The Morgan fingerprint density at radius 2 is 1.79 bits per heavy atom. The molecule has 1 aliphatic rings. The van der Waals surface area contributed by atoms with Crippen molar-refractivity contribution in [3.05, 3.63) is 65.7 Å². The molecule has 1 aliphatic heterocycles. The highest BCUT2D eigenvalue weighted by Gasteiger charge is 2.02. The van der Waals surface area contributed by atoms with E-state index in [9.17, 15) is 0 Å². The number of nitrogens with zero attached hydrogens (tertiary/aromatic N) is 1. The van der Waals surface area contributed by atoms with E-state index < -0.39 is 0 Å². The molecule has 0 atom stereocenters. The van der Waals surface area contributed by atoms with Crippen LogP contribution in [0.1, 0.15) is 17.5 Å². The second kappa shape index (κ2) is 10.2. The number of rotatable bonds is 6. The van der Waals surface area contributed by atoms with Crippen molar-refractivity contribution in [1.82, 2.24) is 10.6 Å². The fourth-order valence-corrected chi connectivity index (χ4v) is 2.47. The van der Waals surface area contributed by atoms with Crippen LogP contribution in [0.25, 0.3) is 0 Å². The molecule has 0 aromatic heterocycles. The third kappa shape index (κ3) is 6.03. The van der Waals surface area contributed by atoms with E-state index in [0.29, 0.717) is 6.61 Å². The summed E-state index contributed by atoms with van der Waals surface area (Å²) in [4.78, 5) is 4.40. The lowest BCUT2D eigenvalue weighted by Gasteiger charge is -2.16. The molecule has 0 spiro atoms. The van der Waals surface area contributed by atoms with Crippen molar-refractivity contribution < 1.29 is 4.74 Å². The van der Waals surface area contributed by atoms with Gasteiger partial charge >= 0.3 is 0 Å². The van der Waals surface area contributed by atoms with Crippen LogP contribution in [0.4, 0.5) is 0 Å². The van der Waals surface area contributed by atoms with Crippen LogP contribution in [0.3, 0.4) is 0 Å². The lowest BCUT2D eigenvalue weighted by molar-refractivity contribution is 0.306. The number of halogens is 1. The van der Waals surface area contributed by atoms with Gasteiger partial charge < -0.3 is 15.4 Å². The highest BCUT2D eigenvalue weighted by Crippen LogP contribution is 2.14. The summed E-state index contributed by atoms with van der Waals surface area (Å²) in [5.41, 5.74) is 2.47. The van der Waals surface area contributed by atoms with Gasteiger partial charge in [-0.3, -0.25) is 4.99 Å². The van der Waals surface area contributed by atoms with Gasteiger partial charge in [-0.1, -0.05) is 42.5 Å². The van der Waals surface area contributed by atoms with Gasteiger partial charge in [-0.15, -0.1) is 24.0 Å². The third-order valence-electron chi connectivity index (χ3n) is 3.78. The first kappa shape index (κ1) is 18.6. The molecule has 2 N–H and O–H groups in total. The van der Waals surface area contributed by atoms with Crippen LogP contribution in [0.2, 0.25) is 0 Å². The zero-order valence-corrected chi connectivity index (χ0v) is 16.0. The van der Waals surface area contributed by atoms with Gasteiger partial charge in [0.05, 0.1) is 0 Å². The molecule has 0 unspecified atom stereocenters. The molecule has 4 nitrogen and oxygen atoms in total. The second-order valence-electron chi connectivity index (χ2n) is 5.61. The molecule has 3 rings (SSSR count). The number of aliphatic imine (C=N–C) groups is 1. The lowest BCUT2D eigenvalue weighted by atomic mass is 10.1. The van der Waals surface area contributed by atoms with E-state index in [-0.39, 0.29) is 24.0 Å². The molecule has 128 valence electrons. The van der Waals surface area contributed by atoms with Gasteiger partial charge in [-0.25, -0.2) is 0 Å². The Labute approximate surface area is 160 Å². The van der Waals surface area contributed by atoms with Gasteiger partial charge in [0, 0.05) is 19.6 Å². The molecule has 24 heavy (non-hydrogen) atoms. The molecule has 0 fully saturated rings. The standard InChI is InChI=1S/C19H23N3O.HI/c1-2-5-17(6-3-1)15-23-18-9-7-16(8-10-18)11-14-22-19-20-12-4-13-21-19;/h1-3,5-10H,4,11-15H2,(H2,20,21,22);1H. The van der Waals surface area contributed by atoms with Gasteiger partial charge in [0.25, 0.3) is 0 Å². The summed E-state index contributed by atoms with van der Waals surface area (Å²) in [5, 5.41) is 6.60. The van der Waals surface area contributed by atoms with Crippen LogP contribution in [-0.2, 0) is 13.0 Å².